The number of hydrogen-bond acceptors (Lipinski definition) is 5. The number of hydrogen-bond donors (Lipinski definition) is 1. The van der Waals surface area contributed by atoms with Gasteiger partial charge in [0.25, 0.3) is 5.91 Å². The van der Waals surface area contributed by atoms with Crippen LogP contribution in [0.3, 0.4) is 0 Å². The van der Waals surface area contributed by atoms with Crippen LogP contribution in [0.5, 0.6) is 5.75 Å². The van der Waals surface area contributed by atoms with E-state index in [1.165, 1.54) is 0 Å². The molecule has 0 radical (unpaired) electrons. The maximum atomic E-state index is 13.0. The van der Waals surface area contributed by atoms with E-state index >= 15 is 0 Å². The van der Waals surface area contributed by atoms with E-state index in [-0.39, 0.29) is 5.91 Å². The maximum absolute atomic E-state index is 13.0. The zero-order valence-electron chi connectivity index (χ0n) is 17.0. The highest BCUT2D eigenvalue weighted by Crippen LogP contribution is 2.39. The number of ether oxygens (including phenoxy) is 1. The molecular formula is C23H21N5O2. The predicted molar refractivity (Wildman–Crippen MR) is 118 cm³/mol. The summed E-state index contributed by atoms with van der Waals surface area (Å²) in [6.07, 6.45) is 1.70. The lowest BCUT2D eigenvalue weighted by Crippen LogP contribution is -2.25. The lowest BCUT2D eigenvalue weighted by molar-refractivity contribution is 0.0994. The zero-order valence-corrected chi connectivity index (χ0v) is 17.0. The molecular weight excluding hydrogens is 378 g/mol. The largest absolute Gasteiger partial charge is 0.497 e. The molecule has 0 atom stereocenters. The van der Waals surface area contributed by atoms with Crippen LogP contribution in [0.4, 0.5) is 17.3 Å². The molecule has 1 N–H and O–H groups in total. The summed E-state index contributed by atoms with van der Waals surface area (Å²) in [6.45, 7) is 2.67. The quantitative estimate of drug-likeness (QED) is 0.553. The second-order valence-corrected chi connectivity index (χ2v) is 7.16. The normalized spacial score (nSPS) is 13.2. The molecule has 0 saturated carbocycles. The first-order valence-corrected chi connectivity index (χ1v) is 9.79. The Morgan fingerprint density at radius 3 is 2.77 bits per heavy atom. The molecule has 7 heteroatoms. The lowest BCUT2D eigenvalue weighted by Gasteiger charge is -2.23. The lowest BCUT2D eigenvalue weighted by atomic mass is 10.2. The number of fused-ring (bicyclic) bond motifs is 3. The van der Waals surface area contributed by atoms with E-state index < -0.39 is 0 Å². The van der Waals surface area contributed by atoms with Crippen molar-refractivity contribution in [3.05, 3.63) is 60.3 Å². The van der Waals surface area contributed by atoms with Gasteiger partial charge in [0.1, 0.15) is 11.6 Å². The van der Waals surface area contributed by atoms with Gasteiger partial charge in [-0.15, -0.1) is 0 Å². The molecule has 0 aliphatic carbocycles. The fraction of sp³-hybridized carbons (Fsp3) is 0.174. The number of aromatic amines is 1. The van der Waals surface area contributed by atoms with Crippen molar-refractivity contribution in [1.82, 2.24) is 15.0 Å². The number of methoxy groups -OCH3 is 1. The summed E-state index contributed by atoms with van der Waals surface area (Å²) in [5, 5.41) is 1.05. The summed E-state index contributed by atoms with van der Waals surface area (Å²) in [5.41, 5.74) is 4.02. The molecule has 1 aliphatic heterocycles. The molecule has 1 aromatic carbocycles. The predicted octanol–water partition coefficient (Wildman–Crippen LogP) is 4.38. The highest BCUT2D eigenvalue weighted by molar-refractivity contribution is 6.12. The number of carbonyl (C=O) groups excluding carboxylic acids is 1. The summed E-state index contributed by atoms with van der Waals surface area (Å²) in [4.78, 5) is 29.5. The third-order valence-corrected chi connectivity index (χ3v) is 5.47. The minimum absolute atomic E-state index is 0.0949. The van der Waals surface area contributed by atoms with Crippen molar-refractivity contribution < 1.29 is 9.53 Å². The zero-order chi connectivity index (χ0) is 20.8. The number of H-pyrrole nitrogens is 1. The van der Waals surface area contributed by atoms with Crippen LogP contribution in [0, 0.1) is 0 Å². The number of benzene rings is 1. The fourth-order valence-corrected chi connectivity index (χ4v) is 3.90. The highest BCUT2D eigenvalue weighted by Gasteiger charge is 2.30. The molecule has 0 fully saturated rings. The molecule has 3 aromatic heterocycles. The van der Waals surface area contributed by atoms with Gasteiger partial charge in [0.15, 0.2) is 5.82 Å². The summed E-state index contributed by atoms with van der Waals surface area (Å²) >= 11 is 0. The highest BCUT2D eigenvalue weighted by atomic mass is 16.5. The second-order valence-electron chi connectivity index (χ2n) is 7.16. The average molecular weight is 399 g/mol. The minimum Gasteiger partial charge on any atom is -0.497 e. The fourth-order valence-electron chi connectivity index (χ4n) is 3.90. The Bertz CT molecular complexity index is 1280. The molecule has 1 aliphatic rings. The van der Waals surface area contributed by atoms with Crippen LogP contribution in [0.2, 0.25) is 0 Å². The van der Waals surface area contributed by atoms with Crippen LogP contribution in [-0.2, 0) is 0 Å². The Labute approximate surface area is 173 Å². The number of nitrogens with one attached hydrogen (secondary N) is 1. The smallest absolute Gasteiger partial charge is 0.261 e. The van der Waals surface area contributed by atoms with Crippen LogP contribution in [-0.4, -0.2) is 41.6 Å². The van der Waals surface area contributed by atoms with Crippen LogP contribution < -0.4 is 14.5 Å². The van der Waals surface area contributed by atoms with Gasteiger partial charge in [0.2, 0.25) is 0 Å². The molecule has 0 unspecified atom stereocenters. The first-order valence-electron chi connectivity index (χ1n) is 9.79. The van der Waals surface area contributed by atoms with Crippen molar-refractivity contribution in [2.75, 3.05) is 30.5 Å². The average Bonchev–Trinajstić information content (AvgIpc) is 3.19. The number of nitrogens with zero attached hydrogens (tertiary/aromatic N) is 4. The van der Waals surface area contributed by atoms with Crippen LogP contribution in [0.15, 0.2) is 54.7 Å². The molecule has 150 valence electrons. The van der Waals surface area contributed by atoms with Crippen molar-refractivity contribution in [2.24, 2.45) is 0 Å². The standard InChI is InChI=1S/C23H21N5O2/c1-4-28-21-16(6-5-11-24-21)23(29)27(2)20-10-9-18(26-22(20)28)19-13-14-12-15(30-3)7-8-17(14)25-19/h5-13,25H,4H2,1-3H3. The number of pyridine rings is 2. The Morgan fingerprint density at radius 2 is 1.97 bits per heavy atom. The van der Waals surface area contributed by atoms with Gasteiger partial charge in [-0.25, -0.2) is 9.97 Å². The first-order chi connectivity index (χ1) is 14.6. The number of anilines is 3. The van der Waals surface area contributed by atoms with Crippen molar-refractivity contribution >= 4 is 34.1 Å². The SMILES string of the molecule is CCN1c2ncccc2C(=O)N(C)c2ccc(-c3cc4cc(OC)ccc4[nH]3)nc21. The molecule has 30 heavy (non-hydrogen) atoms. The second kappa shape index (κ2) is 6.88. The van der Waals surface area contributed by atoms with Gasteiger partial charge in [-0.3, -0.25) is 4.79 Å². The molecule has 0 bridgehead atoms. The molecule has 0 saturated heterocycles. The topological polar surface area (TPSA) is 74.3 Å². The Hall–Kier alpha value is -3.87. The number of rotatable bonds is 3. The number of amides is 1. The van der Waals surface area contributed by atoms with Gasteiger partial charge in [0.05, 0.1) is 29.7 Å². The summed E-state index contributed by atoms with van der Waals surface area (Å²) in [5.74, 6) is 2.05. The monoisotopic (exact) mass is 399 g/mol. The Morgan fingerprint density at radius 1 is 1.10 bits per heavy atom. The third-order valence-electron chi connectivity index (χ3n) is 5.47. The molecule has 4 aromatic rings. The molecule has 5 rings (SSSR count). The van der Waals surface area contributed by atoms with Crippen LogP contribution in [0.1, 0.15) is 17.3 Å². The van der Waals surface area contributed by atoms with Crippen molar-refractivity contribution in [3.63, 3.8) is 0 Å². The van der Waals surface area contributed by atoms with Gasteiger partial charge >= 0.3 is 0 Å². The molecule has 1 amide bonds. The van der Waals surface area contributed by atoms with E-state index in [0.717, 1.165) is 33.7 Å². The van der Waals surface area contributed by atoms with Crippen molar-refractivity contribution in [3.8, 4) is 17.1 Å². The van der Waals surface area contributed by atoms with Gasteiger partial charge < -0.3 is 19.5 Å². The van der Waals surface area contributed by atoms with E-state index in [1.807, 2.05) is 48.2 Å². The van der Waals surface area contributed by atoms with E-state index in [1.54, 1.807) is 31.3 Å². The molecule has 0 spiro atoms. The third kappa shape index (κ3) is 2.70. The van der Waals surface area contributed by atoms with Crippen molar-refractivity contribution in [1.29, 1.82) is 0 Å². The number of carbonyl (C=O) groups is 1. The van der Waals surface area contributed by atoms with Crippen molar-refractivity contribution in [2.45, 2.75) is 6.92 Å². The summed E-state index contributed by atoms with van der Waals surface area (Å²) in [6, 6.07) is 15.4. The summed E-state index contributed by atoms with van der Waals surface area (Å²) in [7, 11) is 3.43. The Kier molecular flexibility index (Phi) is 4.17. The maximum Gasteiger partial charge on any atom is 0.261 e. The Balaban J connectivity index is 1.68. The molecule has 7 nitrogen and oxygen atoms in total. The van der Waals surface area contributed by atoms with E-state index in [9.17, 15) is 4.79 Å². The van der Waals surface area contributed by atoms with E-state index in [4.69, 9.17) is 9.72 Å². The van der Waals surface area contributed by atoms with Gasteiger partial charge in [-0.1, -0.05) is 0 Å². The van der Waals surface area contributed by atoms with Gasteiger partial charge in [0, 0.05) is 30.7 Å². The van der Waals surface area contributed by atoms with Crippen LogP contribution in [0.25, 0.3) is 22.3 Å². The van der Waals surface area contributed by atoms with Gasteiger partial charge in [-0.05, 0) is 55.5 Å². The van der Waals surface area contributed by atoms with E-state index in [2.05, 4.69) is 16.0 Å². The van der Waals surface area contributed by atoms with Crippen LogP contribution >= 0.6 is 0 Å². The van der Waals surface area contributed by atoms with E-state index in [0.29, 0.717) is 23.7 Å². The molecule has 4 heterocycles. The minimum atomic E-state index is -0.0949. The summed E-state index contributed by atoms with van der Waals surface area (Å²) < 4.78 is 5.33. The van der Waals surface area contributed by atoms with Gasteiger partial charge in [-0.2, -0.15) is 0 Å². The first kappa shape index (κ1) is 18.2. The number of aromatic nitrogens is 3.